The van der Waals surface area contributed by atoms with E-state index in [0.717, 1.165) is 12.8 Å². The number of nitriles is 1. The SMILES string of the molecule is CCCB(C)c1ccc(C2(C#N)CC2)cc1. The maximum atomic E-state index is 9.12. The van der Waals surface area contributed by atoms with Crippen LogP contribution in [0.3, 0.4) is 0 Å². The van der Waals surface area contributed by atoms with E-state index >= 15 is 0 Å². The fourth-order valence-corrected chi connectivity index (χ4v) is 2.32. The number of hydrogen-bond acceptors (Lipinski definition) is 1. The van der Waals surface area contributed by atoms with Gasteiger partial charge >= 0.3 is 0 Å². The van der Waals surface area contributed by atoms with Crippen molar-refractivity contribution in [3.63, 3.8) is 0 Å². The van der Waals surface area contributed by atoms with E-state index in [2.05, 4.69) is 44.1 Å². The monoisotopic (exact) mass is 211 g/mol. The zero-order valence-corrected chi connectivity index (χ0v) is 10.2. The van der Waals surface area contributed by atoms with E-state index < -0.39 is 0 Å². The fourth-order valence-electron chi connectivity index (χ4n) is 2.32. The molecule has 82 valence electrons. The van der Waals surface area contributed by atoms with Gasteiger partial charge in [0, 0.05) is 0 Å². The minimum Gasteiger partial charge on any atom is -0.197 e. The van der Waals surface area contributed by atoms with Gasteiger partial charge in [0.2, 0.25) is 0 Å². The molecule has 0 heterocycles. The van der Waals surface area contributed by atoms with Crippen molar-refractivity contribution < 1.29 is 0 Å². The standard InChI is InChI=1S/C14H18BN/c1-3-10-15(2)13-6-4-12(5-7-13)14(11-16)8-9-14/h4-7H,3,8-10H2,1-2H3. The number of rotatable bonds is 4. The second kappa shape index (κ2) is 4.33. The van der Waals surface area contributed by atoms with Crippen molar-refractivity contribution in [2.24, 2.45) is 0 Å². The molecule has 16 heavy (non-hydrogen) atoms. The van der Waals surface area contributed by atoms with Gasteiger partial charge in [0.25, 0.3) is 0 Å². The molecule has 1 aromatic carbocycles. The van der Waals surface area contributed by atoms with Gasteiger partial charge in [-0.3, -0.25) is 0 Å². The lowest BCUT2D eigenvalue weighted by Gasteiger charge is -2.10. The average Bonchev–Trinajstić information content (AvgIpc) is 3.10. The molecule has 1 saturated carbocycles. The summed E-state index contributed by atoms with van der Waals surface area (Å²) in [5, 5.41) is 9.12. The topological polar surface area (TPSA) is 23.8 Å². The predicted octanol–water partition coefficient (Wildman–Crippen LogP) is 2.98. The summed E-state index contributed by atoms with van der Waals surface area (Å²) < 4.78 is 0. The van der Waals surface area contributed by atoms with E-state index in [4.69, 9.17) is 5.26 Å². The lowest BCUT2D eigenvalue weighted by molar-refractivity contribution is 0.909. The molecule has 0 unspecified atom stereocenters. The first-order valence-corrected chi connectivity index (χ1v) is 6.23. The summed E-state index contributed by atoms with van der Waals surface area (Å²) in [6, 6.07) is 11.1. The summed E-state index contributed by atoms with van der Waals surface area (Å²) in [6.45, 7) is 5.13. The Morgan fingerprint density at radius 2 is 1.94 bits per heavy atom. The van der Waals surface area contributed by atoms with Gasteiger partial charge in [0.05, 0.1) is 11.5 Å². The van der Waals surface area contributed by atoms with Crippen molar-refractivity contribution in [2.45, 2.75) is 44.7 Å². The minimum atomic E-state index is -0.132. The summed E-state index contributed by atoms with van der Waals surface area (Å²) >= 11 is 0. The number of benzene rings is 1. The van der Waals surface area contributed by atoms with E-state index in [1.54, 1.807) is 0 Å². The molecule has 0 bridgehead atoms. The normalized spacial score (nSPS) is 16.6. The van der Waals surface area contributed by atoms with Crippen molar-refractivity contribution in [1.29, 1.82) is 5.26 Å². The summed E-state index contributed by atoms with van der Waals surface area (Å²) in [6.07, 6.45) is 4.54. The Balaban J connectivity index is 2.14. The van der Waals surface area contributed by atoms with Crippen LogP contribution < -0.4 is 5.46 Å². The third kappa shape index (κ3) is 2.00. The minimum absolute atomic E-state index is 0.132. The summed E-state index contributed by atoms with van der Waals surface area (Å²) in [5.74, 6) is 0. The van der Waals surface area contributed by atoms with Gasteiger partial charge in [0.15, 0.2) is 6.71 Å². The Bertz CT molecular complexity index is 398. The number of nitrogens with zero attached hydrogens (tertiary/aromatic N) is 1. The van der Waals surface area contributed by atoms with Crippen molar-refractivity contribution in [3.05, 3.63) is 29.8 Å². The van der Waals surface area contributed by atoms with Crippen LogP contribution in [-0.4, -0.2) is 6.71 Å². The second-order valence-electron chi connectivity index (χ2n) is 5.01. The van der Waals surface area contributed by atoms with E-state index in [1.807, 2.05) is 0 Å². The maximum Gasteiger partial charge on any atom is 0.172 e. The molecular formula is C14H18BN. The Morgan fingerprint density at radius 3 is 2.38 bits per heavy atom. The molecule has 1 aliphatic rings. The van der Waals surface area contributed by atoms with Gasteiger partial charge in [-0.15, -0.1) is 0 Å². The smallest absolute Gasteiger partial charge is 0.172 e. The van der Waals surface area contributed by atoms with Crippen molar-refractivity contribution in [2.75, 3.05) is 0 Å². The molecule has 1 aliphatic carbocycles. The molecular weight excluding hydrogens is 193 g/mol. The van der Waals surface area contributed by atoms with E-state index in [-0.39, 0.29) is 5.41 Å². The highest BCUT2D eigenvalue weighted by Crippen LogP contribution is 2.47. The largest absolute Gasteiger partial charge is 0.197 e. The van der Waals surface area contributed by atoms with Crippen LogP contribution in [0.15, 0.2) is 24.3 Å². The molecule has 0 spiro atoms. The number of hydrogen-bond donors (Lipinski definition) is 0. The second-order valence-corrected chi connectivity index (χ2v) is 5.01. The van der Waals surface area contributed by atoms with Crippen LogP contribution in [0.5, 0.6) is 0 Å². The maximum absolute atomic E-state index is 9.12. The molecule has 1 aromatic rings. The molecule has 0 amide bonds. The van der Waals surface area contributed by atoms with E-state index in [0.29, 0.717) is 6.71 Å². The highest BCUT2D eigenvalue weighted by atomic mass is 14.5. The Labute approximate surface area is 98.6 Å². The van der Waals surface area contributed by atoms with Crippen LogP contribution in [0, 0.1) is 11.3 Å². The van der Waals surface area contributed by atoms with Crippen molar-refractivity contribution in [1.82, 2.24) is 0 Å². The molecule has 0 radical (unpaired) electrons. The fraction of sp³-hybridized carbons (Fsp3) is 0.500. The van der Waals surface area contributed by atoms with Crippen molar-refractivity contribution in [3.8, 4) is 6.07 Å². The molecule has 0 N–H and O–H groups in total. The quantitative estimate of drug-likeness (QED) is 0.702. The first-order chi connectivity index (χ1) is 7.72. The summed E-state index contributed by atoms with van der Waals surface area (Å²) in [7, 11) is 0. The Morgan fingerprint density at radius 1 is 1.31 bits per heavy atom. The van der Waals surface area contributed by atoms with Crippen LogP contribution >= 0.6 is 0 Å². The molecule has 2 heteroatoms. The third-order valence-corrected chi connectivity index (χ3v) is 3.72. The van der Waals surface area contributed by atoms with Gasteiger partial charge in [-0.1, -0.05) is 56.2 Å². The molecule has 0 atom stereocenters. The van der Waals surface area contributed by atoms with Crippen LogP contribution in [-0.2, 0) is 5.41 Å². The predicted molar refractivity (Wildman–Crippen MR) is 69.3 cm³/mol. The molecule has 1 nitrogen and oxygen atoms in total. The zero-order chi connectivity index (χ0) is 11.6. The Kier molecular flexibility index (Phi) is 3.05. The first-order valence-electron chi connectivity index (χ1n) is 6.23. The molecule has 0 aromatic heterocycles. The molecule has 0 saturated heterocycles. The summed E-state index contributed by atoms with van der Waals surface area (Å²) in [5.41, 5.74) is 2.48. The summed E-state index contributed by atoms with van der Waals surface area (Å²) in [4.78, 5) is 0. The highest BCUT2D eigenvalue weighted by molar-refractivity contribution is 6.71. The zero-order valence-electron chi connectivity index (χ0n) is 10.2. The van der Waals surface area contributed by atoms with Gasteiger partial charge in [-0.2, -0.15) is 5.26 Å². The molecule has 0 aliphatic heterocycles. The van der Waals surface area contributed by atoms with Crippen LogP contribution in [0.25, 0.3) is 0 Å². The third-order valence-electron chi connectivity index (χ3n) is 3.72. The van der Waals surface area contributed by atoms with Crippen molar-refractivity contribution >= 4 is 12.2 Å². The first kappa shape index (κ1) is 11.3. The molecule has 2 rings (SSSR count). The lowest BCUT2D eigenvalue weighted by atomic mass is 9.44. The van der Waals surface area contributed by atoms with E-state index in [1.165, 1.54) is 23.8 Å². The lowest BCUT2D eigenvalue weighted by Crippen LogP contribution is -2.26. The van der Waals surface area contributed by atoms with Gasteiger partial charge in [-0.25, -0.2) is 0 Å². The highest BCUT2D eigenvalue weighted by Gasteiger charge is 2.44. The van der Waals surface area contributed by atoms with Crippen LogP contribution in [0.1, 0.15) is 31.7 Å². The molecule has 1 fully saturated rings. The van der Waals surface area contributed by atoms with Gasteiger partial charge in [-0.05, 0) is 18.4 Å². The van der Waals surface area contributed by atoms with Crippen LogP contribution in [0.2, 0.25) is 13.1 Å². The van der Waals surface area contributed by atoms with Gasteiger partial charge in [0.1, 0.15) is 0 Å². The van der Waals surface area contributed by atoms with E-state index in [9.17, 15) is 0 Å². The Hall–Kier alpha value is -1.23. The van der Waals surface area contributed by atoms with Gasteiger partial charge < -0.3 is 0 Å². The average molecular weight is 211 g/mol. The van der Waals surface area contributed by atoms with Crippen LogP contribution in [0.4, 0.5) is 0 Å².